The molecule has 4 aromatic carbocycles. The van der Waals surface area contributed by atoms with Gasteiger partial charge in [-0.2, -0.15) is 0 Å². The van der Waals surface area contributed by atoms with Crippen LogP contribution in [0.2, 0.25) is 19.6 Å². The molecule has 2 saturated carbocycles. The topological polar surface area (TPSA) is 51.8 Å². The largest absolute Gasteiger partial charge is 0.501 e. The number of furan rings is 1. The van der Waals surface area contributed by atoms with Gasteiger partial charge in [-0.1, -0.05) is 159 Å². The van der Waals surface area contributed by atoms with Crippen LogP contribution in [0.15, 0.2) is 126 Å². The van der Waals surface area contributed by atoms with E-state index < -0.39 is 8.07 Å². The van der Waals surface area contributed by atoms with Crippen LogP contribution in [0.5, 0.6) is 0 Å². The molecule has 0 aliphatic heterocycles. The second-order valence-electron chi connectivity index (χ2n) is 18.9. The summed E-state index contributed by atoms with van der Waals surface area (Å²) >= 11 is 0. The third kappa shape index (κ3) is 10.4. The van der Waals surface area contributed by atoms with Crippen molar-refractivity contribution < 1.29 is 24.5 Å². The van der Waals surface area contributed by atoms with E-state index in [9.17, 15) is 0 Å². The number of aromatic nitrogens is 3. The normalized spacial score (nSPS) is 14.9. The van der Waals surface area contributed by atoms with Crippen molar-refractivity contribution in [2.75, 3.05) is 0 Å². The third-order valence-electron chi connectivity index (χ3n) is 13.2. The summed E-state index contributed by atoms with van der Waals surface area (Å²) in [6.45, 7) is 11.4. The van der Waals surface area contributed by atoms with Crippen molar-refractivity contribution in [3.05, 3.63) is 156 Å². The van der Waals surface area contributed by atoms with Gasteiger partial charge in [0.1, 0.15) is 5.58 Å². The Morgan fingerprint density at radius 3 is 2.10 bits per heavy atom. The van der Waals surface area contributed by atoms with E-state index in [-0.39, 0.29) is 20.1 Å². The van der Waals surface area contributed by atoms with Crippen LogP contribution in [-0.4, -0.2) is 23.0 Å². The van der Waals surface area contributed by atoms with E-state index in [1.807, 2.05) is 32.2 Å². The van der Waals surface area contributed by atoms with Gasteiger partial charge in [0.05, 0.1) is 13.7 Å². The Hall–Kier alpha value is -5.00. The Bertz CT molecular complexity index is 2770. The Balaban J connectivity index is 0.000000170. The molecule has 0 amide bonds. The molecule has 10 rings (SSSR count). The average Bonchev–Trinajstić information content (AvgIpc) is 3.68. The summed E-state index contributed by atoms with van der Waals surface area (Å²) in [5, 5.41) is 3.78. The smallest absolute Gasteiger partial charge is 0.121 e. The number of hydrogen-bond acceptors (Lipinski definition) is 4. The van der Waals surface area contributed by atoms with Crippen molar-refractivity contribution in [1.29, 1.82) is 0 Å². The van der Waals surface area contributed by atoms with Gasteiger partial charge < -0.3 is 14.4 Å². The first kappa shape index (κ1) is 44.6. The minimum Gasteiger partial charge on any atom is -0.501 e. The predicted molar refractivity (Wildman–Crippen MR) is 262 cm³/mol. The Labute approximate surface area is 389 Å². The molecule has 323 valence electrons. The first-order valence-electron chi connectivity index (χ1n) is 23.0. The van der Waals surface area contributed by atoms with Crippen LogP contribution >= 0.6 is 0 Å². The summed E-state index contributed by atoms with van der Waals surface area (Å²) in [5.74, 6) is 1.49. The molecule has 63 heavy (non-hydrogen) atoms. The van der Waals surface area contributed by atoms with Gasteiger partial charge in [-0.15, -0.1) is 48.0 Å². The van der Waals surface area contributed by atoms with Crippen molar-refractivity contribution in [3.8, 4) is 44.8 Å². The van der Waals surface area contributed by atoms with Crippen molar-refractivity contribution >= 4 is 35.2 Å². The fourth-order valence-electron chi connectivity index (χ4n) is 9.97. The van der Waals surface area contributed by atoms with Crippen LogP contribution in [0.4, 0.5) is 0 Å². The summed E-state index contributed by atoms with van der Waals surface area (Å²) in [4.78, 5) is 14.1. The van der Waals surface area contributed by atoms with Gasteiger partial charge in [0.25, 0.3) is 0 Å². The number of fused-ring (bicyclic) bond motifs is 3. The van der Waals surface area contributed by atoms with Crippen LogP contribution < -0.4 is 5.19 Å². The fraction of sp³-hybridized carbons (Fsp3) is 0.316. The zero-order valence-corrected chi connectivity index (χ0v) is 41.0. The molecular weight excluding hydrogens is 963 g/mol. The standard InChI is InChI=1S/C29H24NO.C28H35N2Si.Ir/c1-3-8-20(9-4-1)22-14-15-24-25-12-7-13-26(29(25)31-28(24)19-22)27-18-23(16-17-30-27)21-10-5-2-6-11-21;1-20-15-25(16-21(2)30-20)23-11-13-24(14-12-23)27-18-26(17-22-9-7-6-8-10-22)28(19-29-27)31(3,4)5;/h1,3-4,7-9,12,14-19,21H,2,5-6,10-11H2;11-13,15-16,18-19,22H,6-10,17H2,1-5H3;/q2*-1;. The van der Waals surface area contributed by atoms with Crippen LogP contribution in [0.25, 0.3) is 66.7 Å². The van der Waals surface area contributed by atoms with E-state index in [1.54, 1.807) is 0 Å². The first-order chi connectivity index (χ1) is 30.2. The maximum atomic E-state index is 6.41. The van der Waals surface area contributed by atoms with Crippen LogP contribution in [0.3, 0.4) is 0 Å². The molecule has 0 saturated heterocycles. The number of pyridine rings is 3. The van der Waals surface area contributed by atoms with E-state index in [1.165, 1.54) is 104 Å². The van der Waals surface area contributed by atoms with Gasteiger partial charge in [-0.05, 0) is 96.9 Å². The summed E-state index contributed by atoms with van der Waals surface area (Å²) in [6, 6.07) is 45.4. The molecule has 2 fully saturated rings. The molecule has 6 heteroatoms. The van der Waals surface area contributed by atoms with Gasteiger partial charge >= 0.3 is 0 Å². The van der Waals surface area contributed by atoms with Crippen LogP contribution in [0.1, 0.15) is 92.6 Å². The Kier molecular flexibility index (Phi) is 14.0. The van der Waals surface area contributed by atoms with E-state index in [0.29, 0.717) is 5.92 Å². The van der Waals surface area contributed by atoms with E-state index in [2.05, 4.69) is 140 Å². The second-order valence-corrected chi connectivity index (χ2v) is 23.9. The zero-order valence-electron chi connectivity index (χ0n) is 37.6. The monoisotopic (exact) mass is 1020 g/mol. The molecule has 2 aliphatic rings. The van der Waals surface area contributed by atoms with Crippen LogP contribution in [0, 0.1) is 31.9 Å². The maximum Gasteiger partial charge on any atom is 0.121 e. The van der Waals surface area contributed by atoms with Crippen molar-refractivity contribution in [3.63, 3.8) is 0 Å². The number of nitrogens with zero attached hydrogens (tertiary/aromatic N) is 3. The number of rotatable bonds is 8. The van der Waals surface area contributed by atoms with Crippen molar-refractivity contribution in [1.82, 2.24) is 15.0 Å². The molecule has 4 nitrogen and oxygen atoms in total. The molecule has 4 aromatic heterocycles. The van der Waals surface area contributed by atoms with E-state index in [0.717, 1.165) is 67.3 Å². The Morgan fingerprint density at radius 1 is 0.651 bits per heavy atom. The maximum absolute atomic E-state index is 6.41. The van der Waals surface area contributed by atoms with Crippen molar-refractivity contribution in [2.24, 2.45) is 5.92 Å². The zero-order chi connectivity index (χ0) is 42.6. The first-order valence-corrected chi connectivity index (χ1v) is 26.5. The summed E-state index contributed by atoms with van der Waals surface area (Å²) in [5.41, 5.74) is 15.6. The molecular formula is C57H59IrN3OSi-2. The van der Waals surface area contributed by atoms with E-state index in [4.69, 9.17) is 14.4 Å². The van der Waals surface area contributed by atoms with E-state index >= 15 is 0 Å². The third-order valence-corrected chi connectivity index (χ3v) is 15.3. The number of benzene rings is 4. The molecule has 4 heterocycles. The van der Waals surface area contributed by atoms with Gasteiger partial charge in [0.2, 0.25) is 0 Å². The molecule has 8 aromatic rings. The van der Waals surface area contributed by atoms with Gasteiger partial charge in [-0.3, -0.25) is 4.98 Å². The van der Waals surface area contributed by atoms with Crippen LogP contribution in [-0.2, 0) is 26.5 Å². The molecule has 0 atom stereocenters. The SMILES string of the molecule is Cc1cc(-c2c[c-]c(-c3cc(CC4CCCCC4)c([Si](C)(C)C)cn3)cc2)cc(C)n1.[Ir].[c-]1ccc2c(oc3cc(-c4ccccc4)ccc32)c1-c1cc(C2CCCCC2)ccn1. The molecule has 0 spiro atoms. The molecule has 0 N–H and O–H groups in total. The summed E-state index contributed by atoms with van der Waals surface area (Å²) in [7, 11) is -1.43. The summed E-state index contributed by atoms with van der Waals surface area (Å²) in [6.07, 6.45) is 18.9. The van der Waals surface area contributed by atoms with Gasteiger partial charge in [0.15, 0.2) is 0 Å². The summed E-state index contributed by atoms with van der Waals surface area (Å²) < 4.78 is 6.41. The molecule has 1 radical (unpaired) electrons. The Morgan fingerprint density at radius 2 is 1.38 bits per heavy atom. The quantitative estimate of drug-likeness (QED) is 0.112. The second kappa shape index (κ2) is 19.8. The average molecular weight is 1020 g/mol. The number of hydrogen-bond donors (Lipinski definition) is 0. The minimum atomic E-state index is -1.43. The molecule has 2 aliphatic carbocycles. The fourth-order valence-corrected chi connectivity index (χ4v) is 11.6. The predicted octanol–water partition coefficient (Wildman–Crippen LogP) is 15.1. The molecule has 0 unspecified atom stereocenters. The van der Waals surface area contributed by atoms with Gasteiger partial charge in [0, 0.05) is 49.3 Å². The van der Waals surface area contributed by atoms with Crippen molar-refractivity contribution in [2.45, 2.75) is 110 Å². The minimum absolute atomic E-state index is 0. The van der Waals surface area contributed by atoms with Gasteiger partial charge in [-0.25, -0.2) is 0 Å². The number of aryl methyl sites for hydroxylation is 2. The molecule has 0 bridgehead atoms.